The Morgan fingerprint density at radius 2 is 1.93 bits per heavy atom. The van der Waals surface area contributed by atoms with Crippen molar-refractivity contribution in [2.75, 3.05) is 5.32 Å². The molecule has 138 valence electrons. The SMILES string of the molecule is CCn1nccc1C(=O)Nc1cc(Sc2ccc(C)cc2)cc([N+](=O)[O-])c1. The van der Waals surface area contributed by atoms with Crippen molar-refractivity contribution in [2.45, 2.75) is 30.2 Å². The highest BCUT2D eigenvalue weighted by molar-refractivity contribution is 7.99. The minimum Gasteiger partial charge on any atom is -0.320 e. The molecule has 0 radical (unpaired) electrons. The number of nitrogens with one attached hydrogen (secondary N) is 1. The lowest BCUT2D eigenvalue weighted by Gasteiger charge is -2.09. The first-order valence-electron chi connectivity index (χ1n) is 8.33. The third-order valence-electron chi connectivity index (χ3n) is 3.87. The molecule has 27 heavy (non-hydrogen) atoms. The number of hydrogen-bond acceptors (Lipinski definition) is 5. The van der Waals surface area contributed by atoms with Crippen LogP contribution in [0.3, 0.4) is 0 Å². The van der Waals surface area contributed by atoms with Gasteiger partial charge >= 0.3 is 0 Å². The molecular formula is C19H18N4O3S. The number of nitro benzene ring substituents is 1. The number of hydrogen-bond donors (Lipinski definition) is 1. The Morgan fingerprint density at radius 3 is 2.59 bits per heavy atom. The number of carbonyl (C=O) groups excluding carboxylic acids is 1. The van der Waals surface area contributed by atoms with Crippen LogP contribution in [0, 0.1) is 17.0 Å². The number of rotatable bonds is 6. The van der Waals surface area contributed by atoms with E-state index in [1.165, 1.54) is 23.9 Å². The van der Waals surface area contributed by atoms with Crippen molar-refractivity contribution in [1.82, 2.24) is 9.78 Å². The van der Waals surface area contributed by atoms with Gasteiger partial charge < -0.3 is 5.32 Å². The summed E-state index contributed by atoms with van der Waals surface area (Å²) in [7, 11) is 0. The van der Waals surface area contributed by atoms with Gasteiger partial charge in [0.2, 0.25) is 0 Å². The number of aryl methyl sites for hydroxylation is 2. The molecule has 0 bridgehead atoms. The summed E-state index contributed by atoms with van der Waals surface area (Å²) in [5.41, 5.74) is 1.83. The predicted molar refractivity (Wildman–Crippen MR) is 104 cm³/mol. The van der Waals surface area contributed by atoms with Crippen LogP contribution in [-0.2, 0) is 6.54 Å². The van der Waals surface area contributed by atoms with Crippen molar-refractivity contribution in [2.24, 2.45) is 0 Å². The lowest BCUT2D eigenvalue weighted by atomic mass is 10.2. The fourth-order valence-corrected chi connectivity index (χ4v) is 3.44. The maximum Gasteiger partial charge on any atom is 0.273 e. The van der Waals surface area contributed by atoms with Crippen LogP contribution in [0.15, 0.2) is 64.5 Å². The molecule has 8 heteroatoms. The third kappa shape index (κ3) is 4.53. The highest BCUT2D eigenvalue weighted by atomic mass is 32.2. The summed E-state index contributed by atoms with van der Waals surface area (Å²) in [5.74, 6) is -0.360. The maximum atomic E-state index is 12.5. The largest absolute Gasteiger partial charge is 0.320 e. The van der Waals surface area contributed by atoms with Gasteiger partial charge in [0, 0.05) is 40.4 Å². The summed E-state index contributed by atoms with van der Waals surface area (Å²) in [4.78, 5) is 24.9. The van der Waals surface area contributed by atoms with E-state index in [0.29, 0.717) is 22.8 Å². The van der Waals surface area contributed by atoms with Crippen molar-refractivity contribution < 1.29 is 9.72 Å². The zero-order chi connectivity index (χ0) is 19.4. The number of non-ortho nitro benzene ring substituents is 1. The third-order valence-corrected chi connectivity index (χ3v) is 4.84. The Hall–Kier alpha value is -3.13. The van der Waals surface area contributed by atoms with Gasteiger partial charge in [-0.3, -0.25) is 19.6 Å². The predicted octanol–water partition coefficient (Wildman–Crippen LogP) is 4.52. The van der Waals surface area contributed by atoms with Gasteiger partial charge in [0.1, 0.15) is 5.69 Å². The second kappa shape index (κ2) is 8.05. The van der Waals surface area contributed by atoms with E-state index in [2.05, 4.69) is 10.4 Å². The van der Waals surface area contributed by atoms with E-state index in [-0.39, 0.29) is 11.6 Å². The first kappa shape index (κ1) is 18.7. The molecule has 0 saturated heterocycles. The van der Waals surface area contributed by atoms with Gasteiger partial charge in [-0.05, 0) is 38.1 Å². The first-order valence-corrected chi connectivity index (χ1v) is 9.15. The Morgan fingerprint density at radius 1 is 1.19 bits per heavy atom. The van der Waals surface area contributed by atoms with Crippen LogP contribution in [0.4, 0.5) is 11.4 Å². The summed E-state index contributed by atoms with van der Waals surface area (Å²) in [6, 6.07) is 14.1. The van der Waals surface area contributed by atoms with Crippen molar-refractivity contribution in [3.05, 3.63) is 76.1 Å². The van der Waals surface area contributed by atoms with Crippen LogP contribution in [0.1, 0.15) is 23.0 Å². The summed E-state index contributed by atoms with van der Waals surface area (Å²) < 4.78 is 1.56. The lowest BCUT2D eigenvalue weighted by Crippen LogP contribution is -2.17. The topological polar surface area (TPSA) is 90.1 Å². The van der Waals surface area contributed by atoms with E-state index in [1.54, 1.807) is 23.0 Å². The number of aromatic nitrogens is 2. The molecule has 0 fully saturated rings. The highest BCUT2D eigenvalue weighted by Crippen LogP contribution is 2.33. The monoisotopic (exact) mass is 382 g/mol. The van der Waals surface area contributed by atoms with Crippen molar-refractivity contribution in [3.8, 4) is 0 Å². The van der Waals surface area contributed by atoms with Crippen molar-refractivity contribution in [1.29, 1.82) is 0 Å². The molecule has 3 rings (SSSR count). The van der Waals surface area contributed by atoms with Gasteiger partial charge in [-0.15, -0.1) is 0 Å². The second-order valence-electron chi connectivity index (χ2n) is 5.87. The van der Waals surface area contributed by atoms with E-state index in [0.717, 1.165) is 10.5 Å². The molecule has 1 amide bonds. The standard InChI is InChI=1S/C19H18N4O3S/c1-3-22-18(8-9-20-22)19(24)21-14-10-15(23(25)26)12-17(11-14)27-16-6-4-13(2)5-7-16/h4-12H,3H2,1-2H3,(H,21,24). The summed E-state index contributed by atoms with van der Waals surface area (Å²) in [6.07, 6.45) is 1.55. The van der Waals surface area contributed by atoms with Crippen molar-refractivity contribution >= 4 is 29.0 Å². The van der Waals surface area contributed by atoms with Gasteiger partial charge in [-0.25, -0.2) is 0 Å². The van der Waals surface area contributed by atoms with Gasteiger partial charge in [-0.1, -0.05) is 29.5 Å². The van der Waals surface area contributed by atoms with E-state index >= 15 is 0 Å². The van der Waals surface area contributed by atoms with E-state index < -0.39 is 4.92 Å². The molecule has 0 atom stereocenters. The number of carbonyl (C=O) groups is 1. The molecule has 3 aromatic rings. The Kier molecular flexibility index (Phi) is 5.56. The molecule has 0 aliphatic heterocycles. The zero-order valence-electron chi connectivity index (χ0n) is 14.9. The molecule has 1 N–H and O–H groups in total. The normalized spacial score (nSPS) is 10.6. The van der Waals surface area contributed by atoms with E-state index in [4.69, 9.17) is 0 Å². The van der Waals surface area contributed by atoms with Crippen LogP contribution in [-0.4, -0.2) is 20.6 Å². The lowest BCUT2D eigenvalue weighted by molar-refractivity contribution is -0.385. The minimum atomic E-state index is -0.467. The Bertz CT molecular complexity index is 983. The van der Waals surface area contributed by atoms with Gasteiger partial charge in [0.25, 0.3) is 11.6 Å². The Labute approximate surface area is 160 Å². The van der Waals surface area contributed by atoms with Crippen LogP contribution in [0.25, 0.3) is 0 Å². The minimum absolute atomic E-state index is 0.0774. The average Bonchev–Trinajstić information content (AvgIpc) is 3.12. The number of nitro groups is 1. The number of anilines is 1. The molecule has 7 nitrogen and oxygen atoms in total. The van der Waals surface area contributed by atoms with Gasteiger partial charge in [-0.2, -0.15) is 5.10 Å². The molecular weight excluding hydrogens is 364 g/mol. The fraction of sp³-hybridized carbons (Fsp3) is 0.158. The number of benzene rings is 2. The maximum absolute atomic E-state index is 12.5. The van der Waals surface area contributed by atoms with Crippen LogP contribution < -0.4 is 5.32 Å². The molecule has 1 aromatic heterocycles. The Balaban J connectivity index is 1.88. The molecule has 2 aromatic carbocycles. The van der Waals surface area contributed by atoms with Crippen LogP contribution >= 0.6 is 11.8 Å². The van der Waals surface area contributed by atoms with Crippen LogP contribution in [0.5, 0.6) is 0 Å². The van der Waals surface area contributed by atoms with E-state index in [9.17, 15) is 14.9 Å². The fourth-order valence-electron chi connectivity index (χ4n) is 2.53. The average molecular weight is 382 g/mol. The molecule has 0 aliphatic rings. The summed E-state index contributed by atoms with van der Waals surface area (Å²) in [5, 5.41) is 18.1. The first-order chi connectivity index (χ1) is 13.0. The van der Waals surface area contributed by atoms with E-state index in [1.807, 2.05) is 38.1 Å². The number of amides is 1. The molecule has 0 saturated carbocycles. The quantitative estimate of drug-likeness (QED) is 0.500. The highest BCUT2D eigenvalue weighted by Gasteiger charge is 2.15. The zero-order valence-corrected chi connectivity index (χ0v) is 15.7. The van der Waals surface area contributed by atoms with Gasteiger partial charge in [0.05, 0.1) is 4.92 Å². The molecule has 1 heterocycles. The smallest absolute Gasteiger partial charge is 0.273 e. The van der Waals surface area contributed by atoms with Crippen LogP contribution in [0.2, 0.25) is 0 Å². The molecule has 0 spiro atoms. The van der Waals surface area contributed by atoms with Gasteiger partial charge in [0.15, 0.2) is 0 Å². The molecule has 0 unspecified atom stereocenters. The summed E-state index contributed by atoms with van der Waals surface area (Å²) >= 11 is 1.40. The summed E-state index contributed by atoms with van der Waals surface area (Å²) in [6.45, 7) is 4.43. The van der Waals surface area contributed by atoms with Crippen molar-refractivity contribution in [3.63, 3.8) is 0 Å². The molecule has 0 aliphatic carbocycles. The second-order valence-corrected chi connectivity index (χ2v) is 7.02. The number of nitrogens with zero attached hydrogens (tertiary/aromatic N) is 3.